The van der Waals surface area contributed by atoms with Gasteiger partial charge in [-0.25, -0.2) is 15.0 Å². The largest absolute Gasteiger partial charge is 0.323 e. The fourth-order valence-electron chi connectivity index (χ4n) is 3.61. The van der Waals surface area contributed by atoms with E-state index in [-0.39, 0.29) is 5.91 Å². The second-order valence-electron chi connectivity index (χ2n) is 7.03. The number of rotatable bonds is 5. The molecular weight excluding hydrogens is 314 g/mol. The van der Waals surface area contributed by atoms with Gasteiger partial charge in [0.15, 0.2) is 0 Å². The molecule has 3 rings (SSSR count). The number of nitrogens with zero attached hydrogens (tertiary/aromatic N) is 4. The van der Waals surface area contributed by atoms with E-state index in [4.69, 9.17) is 0 Å². The average molecular weight is 341 g/mol. The van der Waals surface area contributed by atoms with Crippen molar-refractivity contribution in [3.8, 4) is 5.95 Å². The van der Waals surface area contributed by atoms with Crippen molar-refractivity contribution in [3.05, 3.63) is 29.6 Å². The number of imidazole rings is 1. The van der Waals surface area contributed by atoms with E-state index >= 15 is 0 Å². The Morgan fingerprint density at radius 2 is 1.84 bits per heavy atom. The summed E-state index contributed by atoms with van der Waals surface area (Å²) in [7, 11) is 0. The van der Waals surface area contributed by atoms with Gasteiger partial charge in [0.1, 0.15) is 5.82 Å². The van der Waals surface area contributed by atoms with Crippen molar-refractivity contribution in [2.45, 2.75) is 65.7 Å². The summed E-state index contributed by atoms with van der Waals surface area (Å²) in [6.07, 6.45) is 11.4. The van der Waals surface area contributed by atoms with Gasteiger partial charge in [0, 0.05) is 12.1 Å². The Labute approximate surface area is 149 Å². The molecule has 1 aliphatic rings. The van der Waals surface area contributed by atoms with E-state index in [9.17, 15) is 4.79 Å². The minimum Gasteiger partial charge on any atom is -0.323 e. The van der Waals surface area contributed by atoms with Crippen LogP contribution in [0.1, 0.15) is 62.2 Å². The fourth-order valence-corrected chi connectivity index (χ4v) is 3.61. The van der Waals surface area contributed by atoms with Gasteiger partial charge in [-0.3, -0.25) is 9.36 Å². The van der Waals surface area contributed by atoms with Crippen LogP contribution in [0.15, 0.2) is 12.4 Å². The van der Waals surface area contributed by atoms with Crippen LogP contribution in [0.5, 0.6) is 0 Å². The molecule has 2 aromatic rings. The molecular formula is C19H27N5O. The zero-order valence-electron chi connectivity index (χ0n) is 15.4. The quantitative estimate of drug-likeness (QED) is 0.895. The number of hydrogen-bond donors (Lipinski definition) is 1. The maximum atomic E-state index is 12.1. The zero-order valence-corrected chi connectivity index (χ0v) is 15.4. The Balaban J connectivity index is 1.57. The lowest BCUT2D eigenvalue weighted by Crippen LogP contribution is -2.15. The highest BCUT2D eigenvalue weighted by atomic mass is 16.1. The topological polar surface area (TPSA) is 72.7 Å². The van der Waals surface area contributed by atoms with Gasteiger partial charge in [-0.15, -0.1) is 0 Å². The molecule has 0 radical (unpaired) electrons. The predicted octanol–water partition coefficient (Wildman–Crippen LogP) is 3.89. The van der Waals surface area contributed by atoms with Crippen LogP contribution in [0.25, 0.3) is 5.95 Å². The summed E-state index contributed by atoms with van der Waals surface area (Å²) >= 11 is 0. The van der Waals surface area contributed by atoms with Gasteiger partial charge in [-0.2, -0.15) is 0 Å². The first-order valence-electron chi connectivity index (χ1n) is 9.19. The average Bonchev–Trinajstić information content (AvgIpc) is 2.87. The Morgan fingerprint density at radius 3 is 2.44 bits per heavy atom. The van der Waals surface area contributed by atoms with Crippen LogP contribution in [0.3, 0.4) is 0 Å². The molecule has 0 aromatic carbocycles. The molecule has 1 amide bonds. The second kappa shape index (κ2) is 7.76. The monoisotopic (exact) mass is 341 g/mol. The highest BCUT2D eigenvalue weighted by Crippen LogP contribution is 2.27. The third-order valence-electron chi connectivity index (χ3n) is 5.14. The SMILES string of the molecule is Cc1nc(C)n(-c2ncc(NC(=O)CCC3CCCCC3)cn2)c1C. The molecule has 0 bridgehead atoms. The summed E-state index contributed by atoms with van der Waals surface area (Å²) in [4.78, 5) is 25.3. The van der Waals surface area contributed by atoms with Crippen molar-refractivity contribution < 1.29 is 4.79 Å². The predicted molar refractivity (Wildman–Crippen MR) is 97.8 cm³/mol. The number of amides is 1. The standard InChI is InChI=1S/C19H27N5O/c1-13-14(2)24(15(3)22-13)19-20-11-17(12-21-19)23-18(25)10-9-16-7-5-4-6-8-16/h11-12,16H,4-10H2,1-3H3,(H,23,25). The van der Waals surface area contributed by atoms with Gasteiger partial charge in [-0.05, 0) is 33.1 Å². The van der Waals surface area contributed by atoms with Crippen molar-refractivity contribution in [1.82, 2.24) is 19.5 Å². The Hall–Kier alpha value is -2.24. The van der Waals surface area contributed by atoms with Crippen LogP contribution in [-0.2, 0) is 4.79 Å². The molecule has 2 aromatic heterocycles. The minimum atomic E-state index is 0.0489. The van der Waals surface area contributed by atoms with Crippen molar-refractivity contribution in [1.29, 1.82) is 0 Å². The second-order valence-corrected chi connectivity index (χ2v) is 7.03. The van der Waals surface area contributed by atoms with Crippen LogP contribution >= 0.6 is 0 Å². The minimum absolute atomic E-state index is 0.0489. The first-order chi connectivity index (χ1) is 12.0. The van der Waals surface area contributed by atoms with Crippen LogP contribution in [0.4, 0.5) is 5.69 Å². The Morgan fingerprint density at radius 1 is 1.16 bits per heavy atom. The maximum Gasteiger partial charge on any atom is 0.235 e. The number of anilines is 1. The third-order valence-corrected chi connectivity index (χ3v) is 5.14. The van der Waals surface area contributed by atoms with E-state index in [1.54, 1.807) is 12.4 Å². The summed E-state index contributed by atoms with van der Waals surface area (Å²) in [5.41, 5.74) is 2.65. The van der Waals surface area contributed by atoms with Crippen molar-refractivity contribution in [2.75, 3.05) is 5.32 Å². The number of carbonyl (C=O) groups excluding carboxylic acids is 1. The first-order valence-corrected chi connectivity index (χ1v) is 9.19. The summed E-state index contributed by atoms with van der Waals surface area (Å²) < 4.78 is 1.92. The van der Waals surface area contributed by atoms with E-state index < -0.39 is 0 Å². The van der Waals surface area contributed by atoms with Gasteiger partial charge in [0.2, 0.25) is 11.9 Å². The zero-order chi connectivity index (χ0) is 17.8. The van der Waals surface area contributed by atoms with E-state index in [0.29, 0.717) is 24.0 Å². The van der Waals surface area contributed by atoms with Gasteiger partial charge >= 0.3 is 0 Å². The molecule has 1 N–H and O–H groups in total. The van der Waals surface area contributed by atoms with E-state index in [0.717, 1.165) is 23.6 Å². The van der Waals surface area contributed by atoms with Crippen molar-refractivity contribution in [3.63, 3.8) is 0 Å². The highest BCUT2D eigenvalue weighted by Gasteiger charge is 2.15. The lowest BCUT2D eigenvalue weighted by atomic mass is 9.86. The van der Waals surface area contributed by atoms with Crippen LogP contribution in [0.2, 0.25) is 0 Å². The molecule has 0 atom stereocenters. The summed E-state index contributed by atoms with van der Waals surface area (Å²) in [5, 5.41) is 2.91. The summed E-state index contributed by atoms with van der Waals surface area (Å²) in [6.45, 7) is 5.91. The van der Waals surface area contributed by atoms with Gasteiger partial charge < -0.3 is 5.32 Å². The van der Waals surface area contributed by atoms with Gasteiger partial charge in [0.25, 0.3) is 0 Å². The fraction of sp³-hybridized carbons (Fsp3) is 0.579. The normalized spacial score (nSPS) is 15.3. The molecule has 2 heterocycles. The Bertz CT molecular complexity index is 729. The molecule has 1 fully saturated rings. The van der Waals surface area contributed by atoms with Gasteiger partial charge in [0.05, 0.1) is 23.8 Å². The molecule has 0 spiro atoms. The number of aromatic nitrogens is 4. The molecule has 0 unspecified atom stereocenters. The van der Waals surface area contributed by atoms with Gasteiger partial charge in [-0.1, -0.05) is 32.1 Å². The molecule has 1 saturated carbocycles. The van der Waals surface area contributed by atoms with E-state index in [1.165, 1.54) is 32.1 Å². The smallest absolute Gasteiger partial charge is 0.235 e. The third kappa shape index (κ3) is 4.24. The molecule has 0 saturated heterocycles. The summed E-state index contributed by atoms with van der Waals surface area (Å²) in [5.74, 6) is 2.20. The summed E-state index contributed by atoms with van der Waals surface area (Å²) in [6, 6.07) is 0. The van der Waals surface area contributed by atoms with Crippen LogP contribution in [0, 0.1) is 26.7 Å². The number of aryl methyl sites for hydroxylation is 2. The maximum absolute atomic E-state index is 12.1. The first kappa shape index (κ1) is 17.6. The molecule has 6 heteroatoms. The lowest BCUT2D eigenvalue weighted by molar-refractivity contribution is -0.116. The number of carbonyl (C=O) groups is 1. The van der Waals surface area contributed by atoms with Crippen molar-refractivity contribution >= 4 is 11.6 Å². The molecule has 1 aliphatic carbocycles. The molecule has 0 aliphatic heterocycles. The van der Waals surface area contributed by atoms with E-state index in [1.807, 2.05) is 25.3 Å². The molecule has 6 nitrogen and oxygen atoms in total. The Kier molecular flexibility index (Phi) is 5.46. The lowest BCUT2D eigenvalue weighted by Gasteiger charge is -2.20. The number of hydrogen-bond acceptors (Lipinski definition) is 4. The highest BCUT2D eigenvalue weighted by molar-refractivity contribution is 5.90. The number of nitrogens with one attached hydrogen (secondary N) is 1. The van der Waals surface area contributed by atoms with Crippen LogP contribution in [-0.4, -0.2) is 25.4 Å². The molecule has 25 heavy (non-hydrogen) atoms. The van der Waals surface area contributed by atoms with E-state index in [2.05, 4.69) is 20.3 Å². The van der Waals surface area contributed by atoms with Crippen molar-refractivity contribution in [2.24, 2.45) is 5.92 Å². The molecule has 134 valence electrons. The van der Waals surface area contributed by atoms with Crippen LogP contribution < -0.4 is 5.32 Å².